The number of hydrogen-bond donors (Lipinski definition) is 2. The van der Waals surface area contributed by atoms with Crippen LogP contribution in [0.5, 0.6) is 0 Å². The fraction of sp³-hybridized carbons (Fsp3) is 0.533. The van der Waals surface area contributed by atoms with E-state index in [0.29, 0.717) is 11.3 Å². The van der Waals surface area contributed by atoms with Crippen molar-refractivity contribution in [2.24, 2.45) is 0 Å². The van der Waals surface area contributed by atoms with E-state index in [0.717, 1.165) is 0 Å². The summed E-state index contributed by atoms with van der Waals surface area (Å²) in [5.41, 5.74) is -1.01. The van der Waals surface area contributed by atoms with Gasteiger partial charge in [0, 0.05) is 16.2 Å². The summed E-state index contributed by atoms with van der Waals surface area (Å²) in [4.78, 5) is 12.0. The molecule has 0 saturated carbocycles. The third-order valence-electron chi connectivity index (χ3n) is 2.94. The second-order valence-electron chi connectivity index (χ2n) is 5.50. The largest absolute Gasteiger partial charge is 0.480 e. The predicted octanol–water partition coefficient (Wildman–Crippen LogP) is 3.54. The second kappa shape index (κ2) is 7.09. The molecule has 5 heteroatoms. The van der Waals surface area contributed by atoms with Crippen LogP contribution < -0.4 is 5.32 Å². The summed E-state index contributed by atoms with van der Waals surface area (Å²) in [6.07, 6.45) is 0.416. The van der Waals surface area contributed by atoms with Gasteiger partial charge in [-0.1, -0.05) is 19.1 Å². The topological polar surface area (TPSA) is 49.3 Å². The summed E-state index contributed by atoms with van der Waals surface area (Å²) >= 11 is 1.36. The molecule has 2 atom stereocenters. The van der Waals surface area contributed by atoms with Crippen molar-refractivity contribution >= 4 is 17.7 Å². The van der Waals surface area contributed by atoms with Crippen LogP contribution in [-0.2, 0) is 4.79 Å². The second-order valence-corrected chi connectivity index (χ2v) is 6.98. The molecule has 0 spiro atoms. The van der Waals surface area contributed by atoms with Crippen molar-refractivity contribution in [3.8, 4) is 0 Å². The van der Waals surface area contributed by atoms with E-state index in [-0.39, 0.29) is 17.1 Å². The number of thioether (sulfide) groups is 1. The Morgan fingerprint density at radius 2 is 2.00 bits per heavy atom. The Hall–Kier alpha value is -1.07. The molecular weight excluding hydrogens is 277 g/mol. The van der Waals surface area contributed by atoms with Crippen molar-refractivity contribution in [1.82, 2.24) is 5.32 Å². The summed E-state index contributed by atoms with van der Waals surface area (Å²) in [5.74, 6) is -1.15. The van der Waals surface area contributed by atoms with Gasteiger partial charge in [-0.2, -0.15) is 0 Å². The third kappa shape index (κ3) is 4.80. The zero-order valence-electron chi connectivity index (χ0n) is 12.3. The zero-order valence-corrected chi connectivity index (χ0v) is 13.1. The first-order chi connectivity index (χ1) is 9.24. The van der Waals surface area contributed by atoms with Crippen LogP contribution >= 0.6 is 11.8 Å². The molecule has 112 valence electrons. The minimum atomic E-state index is -1.01. The molecule has 0 amide bonds. The van der Waals surface area contributed by atoms with E-state index in [1.807, 2.05) is 20.8 Å². The first-order valence-electron chi connectivity index (χ1n) is 6.67. The van der Waals surface area contributed by atoms with Crippen molar-refractivity contribution < 1.29 is 14.3 Å². The van der Waals surface area contributed by atoms with Gasteiger partial charge in [-0.15, -0.1) is 11.8 Å². The number of carbonyl (C=O) groups is 1. The van der Waals surface area contributed by atoms with Gasteiger partial charge in [0.15, 0.2) is 0 Å². The lowest BCUT2D eigenvalue weighted by atomic mass is 9.95. The van der Waals surface area contributed by atoms with E-state index < -0.39 is 11.5 Å². The lowest BCUT2D eigenvalue weighted by molar-refractivity contribution is -0.144. The van der Waals surface area contributed by atoms with E-state index in [2.05, 4.69) is 5.32 Å². The van der Waals surface area contributed by atoms with Crippen LogP contribution in [0, 0.1) is 5.82 Å². The van der Waals surface area contributed by atoms with Gasteiger partial charge >= 0.3 is 5.97 Å². The molecule has 0 aliphatic carbocycles. The van der Waals surface area contributed by atoms with Gasteiger partial charge in [-0.05, 0) is 39.3 Å². The highest BCUT2D eigenvalue weighted by Gasteiger charge is 2.35. The van der Waals surface area contributed by atoms with Gasteiger partial charge in [0.1, 0.15) is 11.4 Å². The average molecular weight is 299 g/mol. The summed E-state index contributed by atoms with van der Waals surface area (Å²) in [5, 5.41) is 12.5. The highest BCUT2D eigenvalue weighted by molar-refractivity contribution is 8.00. The molecule has 1 aromatic rings. The Balaban J connectivity index is 2.74. The summed E-state index contributed by atoms with van der Waals surface area (Å²) in [6.45, 7) is 7.42. The smallest absolute Gasteiger partial charge is 0.323 e. The minimum Gasteiger partial charge on any atom is -0.480 e. The van der Waals surface area contributed by atoms with Crippen LogP contribution in [0.2, 0.25) is 0 Å². The lowest BCUT2D eigenvalue weighted by Crippen LogP contribution is -2.53. The van der Waals surface area contributed by atoms with Crippen molar-refractivity contribution in [3.05, 3.63) is 30.1 Å². The van der Waals surface area contributed by atoms with Crippen molar-refractivity contribution in [3.63, 3.8) is 0 Å². The van der Waals surface area contributed by atoms with Gasteiger partial charge in [-0.3, -0.25) is 10.1 Å². The third-order valence-corrected chi connectivity index (χ3v) is 4.09. The van der Waals surface area contributed by atoms with E-state index in [1.54, 1.807) is 25.1 Å². The molecule has 0 aliphatic heterocycles. The number of nitrogens with one attached hydrogen (secondary N) is 1. The maximum Gasteiger partial charge on any atom is 0.323 e. The number of carboxylic acids is 1. The lowest BCUT2D eigenvalue weighted by Gasteiger charge is -2.31. The standard InChI is InChI=1S/C15H22FNO2S/c1-10(2)17-15(4,14(18)19)9-11(3)20-13-8-6-5-7-12(13)16/h5-8,10-11,17H,9H2,1-4H3,(H,18,19). The average Bonchev–Trinajstić information content (AvgIpc) is 2.30. The number of hydrogen-bond acceptors (Lipinski definition) is 3. The van der Waals surface area contributed by atoms with E-state index in [4.69, 9.17) is 0 Å². The fourth-order valence-electron chi connectivity index (χ4n) is 2.22. The number of aliphatic carboxylic acids is 1. The maximum atomic E-state index is 13.6. The SMILES string of the molecule is CC(C)NC(C)(CC(C)Sc1ccccc1F)C(=O)O. The summed E-state index contributed by atoms with van der Waals surface area (Å²) in [6, 6.07) is 6.62. The van der Waals surface area contributed by atoms with Gasteiger partial charge in [0.2, 0.25) is 0 Å². The summed E-state index contributed by atoms with van der Waals surface area (Å²) in [7, 11) is 0. The van der Waals surface area contributed by atoms with Crippen LogP contribution in [0.1, 0.15) is 34.1 Å². The molecule has 0 fully saturated rings. The number of halogens is 1. The highest BCUT2D eigenvalue weighted by Crippen LogP contribution is 2.30. The van der Waals surface area contributed by atoms with Gasteiger partial charge in [-0.25, -0.2) is 4.39 Å². The number of rotatable bonds is 7. The Morgan fingerprint density at radius 1 is 1.40 bits per heavy atom. The molecule has 0 aromatic heterocycles. The molecule has 0 radical (unpaired) electrons. The van der Waals surface area contributed by atoms with Crippen molar-refractivity contribution in [1.29, 1.82) is 0 Å². The Morgan fingerprint density at radius 3 is 2.50 bits per heavy atom. The number of carboxylic acid groups (broad SMARTS) is 1. The molecule has 2 unspecified atom stereocenters. The van der Waals surface area contributed by atoms with Crippen LogP contribution in [-0.4, -0.2) is 27.9 Å². The molecular formula is C15H22FNO2S. The highest BCUT2D eigenvalue weighted by atomic mass is 32.2. The van der Waals surface area contributed by atoms with Crippen LogP contribution in [0.25, 0.3) is 0 Å². The first-order valence-corrected chi connectivity index (χ1v) is 7.55. The predicted molar refractivity (Wildman–Crippen MR) is 80.6 cm³/mol. The molecule has 2 N–H and O–H groups in total. The minimum absolute atomic E-state index is 0.0146. The van der Waals surface area contributed by atoms with Crippen molar-refractivity contribution in [2.45, 2.75) is 55.8 Å². The van der Waals surface area contributed by atoms with Gasteiger partial charge < -0.3 is 5.11 Å². The Kier molecular flexibility index (Phi) is 6.02. The molecule has 3 nitrogen and oxygen atoms in total. The quantitative estimate of drug-likeness (QED) is 0.756. The first kappa shape index (κ1) is 17.0. The normalized spacial score (nSPS) is 15.9. The molecule has 1 aromatic carbocycles. The molecule has 0 saturated heterocycles. The Bertz CT molecular complexity index is 467. The monoisotopic (exact) mass is 299 g/mol. The van der Waals surface area contributed by atoms with Gasteiger partial charge in [0.25, 0.3) is 0 Å². The van der Waals surface area contributed by atoms with Gasteiger partial charge in [0.05, 0.1) is 0 Å². The van der Waals surface area contributed by atoms with Crippen LogP contribution in [0.4, 0.5) is 4.39 Å². The van der Waals surface area contributed by atoms with E-state index in [1.165, 1.54) is 17.8 Å². The molecule has 0 bridgehead atoms. The molecule has 0 heterocycles. The number of benzene rings is 1. The van der Waals surface area contributed by atoms with Crippen molar-refractivity contribution in [2.75, 3.05) is 0 Å². The maximum absolute atomic E-state index is 13.6. The fourth-order valence-corrected chi connectivity index (χ4v) is 3.41. The van der Waals surface area contributed by atoms with Crippen LogP contribution in [0.15, 0.2) is 29.2 Å². The Labute approximate surface area is 124 Å². The van der Waals surface area contributed by atoms with E-state index >= 15 is 0 Å². The van der Waals surface area contributed by atoms with E-state index in [9.17, 15) is 14.3 Å². The molecule has 0 aliphatic rings. The van der Waals surface area contributed by atoms with Crippen LogP contribution in [0.3, 0.4) is 0 Å². The zero-order chi connectivity index (χ0) is 15.3. The molecule has 1 rings (SSSR count). The molecule has 20 heavy (non-hydrogen) atoms. The summed E-state index contributed by atoms with van der Waals surface area (Å²) < 4.78 is 13.6.